The number of amides is 1. The molecule has 0 radical (unpaired) electrons. The zero-order valence-corrected chi connectivity index (χ0v) is 14.8. The van der Waals surface area contributed by atoms with Gasteiger partial charge in [0.25, 0.3) is 0 Å². The predicted octanol–water partition coefficient (Wildman–Crippen LogP) is 4.20. The third-order valence-corrected chi connectivity index (χ3v) is 4.33. The maximum absolute atomic E-state index is 12.4. The summed E-state index contributed by atoms with van der Waals surface area (Å²) in [4.78, 5) is 24.2. The first-order valence-corrected chi connectivity index (χ1v) is 9.29. The monoisotopic (exact) mass is 327 g/mol. The van der Waals surface area contributed by atoms with Crippen molar-refractivity contribution in [2.75, 3.05) is 13.2 Å². The maximum Gasteiger partial charge on any atom is 0.407 e. The molecule has 1 fully saturated rings. The fourth-order valence-corrected chi connectivity index (χ4v) is 2.99. The highest BCUT2D eigenvalue weighted by Crippen LogP contribution is 2.27. The summed E-state index contributed by atoms with van der Waals surface area (Å²) in [5.74, 6) is -0.136. The number of esters is 1. The molecule has 1 aliphatic carbocycles. The number of ether oxygens (including phenoxy) is 2. The van der Waals surface area contributed by atoms with Crippen molar-refractivity contribution in [3.05, 3.63) is 0 Å². The molecule has 1 atom stereocenters. The zero-order valence-electron chi connectivity index (χ0n) is 14.8. The second kappa shape index (κ2) is 12.2. The minimum absolute atomic E-state index is 0.168. The molecule has 1 rings (SSSR count). The van der Waals surface area contributed by atoms with Gasteiger partial charge in [-0.25, -0.2) is 9.59 Å². The Kier molecular flexibility index (Phi) is 10.5. The molecule has 0 bridgehead atoms. The van der Waals surface area contributed by atoms with Crippen molar-refractivity contribution in [1.82, 2.24) is 5.32 Å². The van der Waals surface area contributed by atoms with Gasteiger partial charge in [0, 0.05) is 0 Å². The standard InChI is InChI=1S/C18H33NO4/c1-3-5-6-10-14-22-17(20)16(15-11-8-7-9-12-15)19-18(21)23-13-4-2/h15-16H,3-14H2,1-2H3,(H,19,21). The van der Waals surface area contributed by atoms with E-state index in [2.05, 4.69) is 12.2 Å². The number of alkyl carbamates (subject to hydrolysis) is 1. The van der Waals surface area contributed by atoms with E-state index in [9.17, 15) is 9.59 Å². The topological polar surface area (TPSA) is 64.6 Å². The molecule has 0 aromatic carbocycles. The minimum Gasteiger partial charge on any atom is -0.464 e. The number of rotatable bonds is 10. The first-order valence-electron chi connectivity index (χ1n) is 9.29. The second-order valence-corrected chi connectivity index (χ2v) is 6.38. The molecular formula is C18H33NO4. The van der Waals surface area contributed by atoms with Gasteiger partial charge < -0.3 is 14.8 Å². The Bertz CT molecular complexity index is 340. The molecule has 134 valence electrons. The average Bonchev–Trinajstić information content (AvgIpc) is 2.58. The summed E-state index contributed by atoms with van der Waals surface area (Å²) in [7, 11) is 0. The van der Waals surface area contributed by atoms with Gasteiger partial charge in [0.05, 0.1) is 13.2 Å². The average molecular weight is 327 g/mol. The highest BCUT2D eigenvalue weighted by atomic mass is 16.6. The van der Waals surface area contributed by atoms with Gasteiger partial charge in [-0.15, -0.1) is 0 Å². The normalized spacial score (nSPS) is 16.6. The molecular weight excluding hydrogens is 294 g/mol. The quantitative estimate of drug-likeness (QED) is 0.482. The Balaban J connectivity index is 2.48. The summed E-state index contributed by atoms with van der Waals surface area (Å²) in [5.41, 5.74) is 0. The first kappa shape index (κ1) is 19.8. The molecule has 5 nitrogen and oxygen atoms in total. The number of hydrogen-bond donors (Lipinski definition) is 1. The van der Waals surface area contributed by atoms with Crippen LogP contribution >= 0.6 is 0 Å². The van der Waals surface area contributed by atoms with Crippen LogP contribution in [0.1, 0.15) is 78.1 Å². The molecule has 1 N–H and O–H groups in total. The molecule has 1 aliphatic rings. The van der Waals surface area contributed by atoms with Crippen LogP contribution in [0.25, 0.3) is 0 Å². The van der Waals surface area contributed by atoms with Gasteiger partial charge in [0.15, 0.2) is 0 Å². The summed E-state index contributed by atoms with van der Waals surface area (Å²) < 4.78 is 10.5. The van der Waals surface area contributed by atoms with Crippen LogP contribution in [0, 0.1) is 5.92 Å². The molecule has 0 spiro atoms. The van der Waals surface area contributed by atoms with Gasteiger partial charge in [-0.05, 0) is 31.6 Å². The van der Waals surface area contributed by atoms with Gasteiger partial charge in [0.2, 0.25) is 0 Å². The van der Waals surface area contributed by atoms with Crippen LogP contribution in [0.5, 0.6) is 0 Å². The predicted molar refractivity (Wildman–Crippen MR) is 90.2 cm³/mol. The fraction of sp³-hybridized carbons (Fsp3) is 0.889. The van der Waals surface area contributed by atoms with Crippen molar-refractivity contribution < 1.29 is 19.1 Å². The van der Waals surface area contributed by atoms with E-state index in [1.54, 1.807) is 0 Å². The number of carbonyl (C=O) groups excluding carboxylic acids is 2. The summed E-state index contributed by atoms with van der Waals surface area (Å²) in [6.45, 7) is 4.90. The largest absolute Gasteiger partial charge is 0.464 e. The van der Waals surface area contributed by atoms with E-state index in [1.807, 2.05) is 6.92 Å². The van der Waals surface area contributed by atoms with Crippen molar-refractivity contribution in [1.29, 1.82) is 0 Å². The third kappa shape index (κ3) is 8.24. The Morgan fingerprint density at radius 1 is 0.957 bits per heavy atom. The Morgan fingerprint density at radius 2 is 1.70 bits per heavy atom. The van der Waals surface area contributed by atoms with Gasteiger partial charge in [0.1, 0.15) is 6.04 Å². The summed E-state index contributed by atoms with van der Waals surface area (Å²) in [6.07, 6.45) is 9.88. The summed E-state index contributed by atoms with van der Waals surface area (Å²) in [5, 5.41) is 2.74. The molecule has 0 saturated heterocycles. The van der Waals surface area contributed by atoms with Crippen LogP contribution < -0.4 is 5.32 Å². The molecule has 1 unspecified atom stereocenters. The molecule has 0 heterocycles. The lowest BCUT2D eigenvalue weighted by molar-refractivity contribution is -0.148. The fourth-order valence-electron chi connectivity index (χ4n) is 2.99. The summed E-state index contributed by atoms with van der Waals surface area (Å²) in [6, 6.07) is -0.564. The van der Waals surface area contributed by atoms with Gasteiger partial charge in [-0.2, -0.15) is 0 Å². The number of carbonyl (C=O) groups is 2. The van der Waals surface area contributed by atoms with E-state index >= 15 is 0 Å². The van der Waals surface area contributed by atoms with Crippen LogP contribution in [0.15, 0.2) is 0 Å². The van der Waals surface area contributed by atoms with Gasteiger partial charge in [-0.3, -0.25) is 0 Å². The first-order chi connectivity index (χ1) is 11.2. The van der Waals surface area contributed by atoms with Crippen molar-refractivity contribution in [2.45, 2.75) is 84.1 Å². The van der Waals surface area contributed by atoms with Crippen molar-refractivity contribution in [3.8, 4) is 0 Å². The van der Waals surface area contributed by atoms with Gasteiger partial charge in [-0.1, -0.05) is 52.4 Å². The van der Waals surface area contributed by atoms with E-state index < -0.39 is 12.1 Å². The molecule has 23 heavy (non-hydrogen) atoms. The number of hydrogen-bond acceptors (Lipinski definition) is 4. The van der Waals surface area contributed by atoms with E-state index in [-0.39, 0.29) is 11.9 Å². The van der Waals surface area contributed by atoms with Crippen LogP contribution in [0.3, 0.4) is 0 Å². The molecule has 0 aromatic rings. The molecule has 5 heteroatoms. The second-order valence-electron chi connectivity index (χ2n) is 6.38. The van der Waals surface area contributed by atoms with Crippen LogP contribution in [-0.2, 0) is 14.3 Å². The number of unbranched alkanes of at least 4 members (excludes halogenated alkanes) is 3. The van der Waals surface area contributed by atoms with Crippen molar-refractivity contribution in [2.24, 2.45) is 5.92 Å². The molecule has 0 aliphatic heterocycles. The maximum atomic E-state index is 12.4. The Hall–Kier alpha value is -1.26. The zero-order chi connectivity index (χ0) is 16.9. The van der Waals surface area contributed by atoms with Crippen LogP contribution in [0.2, 0.25) is 0 Å². The Morgan fingerprint density at radius 3 is 2.35 bits per heavy atom. The highest BCUT2D eigenvalue weighted by Gasteiger charge is 2.32. The third-order valence-electron chi connectivity index (χ3n) is 4.33. The smallest absolute Gasteiger partial charge is 0.407 e. The highest BCUT2D eigenvalue weighted by molar-refractivity contribution is 5.81. The van der Waals surface area contributed by atoms with Crippen molar-refractivity contribution in [3.63, 3.8) is 0 Å². The van der Waals surface area contributed by atoms with Crippen molar-refractivity contribution >= 4 is 12.1 Å². The number of nitrogens with one attached hydrogen (secondary N) is 1. The lowest BCUT2D eigenvalue weighted by Crippen LogP contribution is -2.47. The summed E-state index contributed by atoms with van der Waals surface area (Å²) >= 11 is 0. The Labute approximate surface area is 140 Å². The van der Waals surface area contributed by atoms with E-state index in [1.165, 1.54) is 6.42 Å². The molecule has 0 aromatic heterocycles. The molecule has 1 saturated carbocycles. The minimum atomic E-state index is -0.564. The van der Waals surface area contributed by atoms with Crippen LogP contribution in [-0.4, -0.2) is 31.3 Å². The lowest BCUT2D eigenvalue weighted by atomic mass is 9.84. The SMILES string of the molecule is CCCCCCOC(=O)C(NC(=O)OCCC)C1CCCCC1. The van der Waals surface area contributed by atoms with Crippen LogP contribution in [0.4, 0.5) is 4.79 Å². The lowest BCUT2D eigenvalue weighted by Gasteiger charge is -2.29. The molecule has 1 amide bonds. The van der Waals surface area contributed by atoms with E-state index in [0.717, 1.165) is 57.8 Å². The van der Waals surface area contributed by atoms with E-state index in [4.69, 9.17) is 9.47 Å². The van der Waals surface area contributed by atoms with E-state index in [0.29, 0.717) is 13.2 Å². The van der Waals surface area contributed by atoms with Gasteiger partial charge >= 0.3 is 12.1 Å².